The van der Waals surface area contributed by atoms with Gasteiger partial charge in [0.2, 0.25) is 0 Å². The van der Waals surface area contributed by atoms with Crippen LogP contribution in [0.3, 0.4) is 0 Å². The van der Waals surface area contributed by atoms with Crippen molar-refractivity contribution in [2.45, 2.75) is 6.43 Å². The zero-order chi connectivity index (χ0) is 10.7. The van der Waals surface area contributed by atoms with Crippen LogP contribution in [0.1, 0.15) is 0 Å². The lowest BCUT2D eigenvalue weighted by molar-refractivity contribution is -0.126. The van der Waals surface area contributed by atoms with Gasteiger partial charge in [-0.15, -0.1) is 0 Å². The summed E-state index contributed by atoms with van der Waals surface area (Å²) < 4.78 is 48.4. The highest BCUT2D eigenvalue weighted by Crippen LogP contribution is 2.13. The molecule has 0 aliphatic heterocycles. The monoisotopic (exact) mass is 207 g/mol. The Morgan fingerprint density at radius 3 is 2.07 bits per heavy atom. The lowest BCUT2D eigenvalue weighted by Gasteiger charge is -2.03. The van der Waals surface area contributed by atoms with E-state index < -0.39 is 24.0 Å². The lowest BCUT2D eigenvalue weighted by atomic mass is 10.3. The van der Waals surface area contributed by atoms with Gasteiger partial charge in [0.15, 0.2) is 0 Å². The van der Waals surface area contributed by atoms with Gasteiger partial charge >= 0.3 is 6.43 Å². The average Bonchev–Trinajstić information content (AvgIpc) is 2.01. The van der Waals surface area contributed by atoms with Crippen LogP contribution in [-0.4, -0.2) is 12.3 Å². The third kappa shape index (κ3) is 2.72. The van der Waals surface area contributed by atoms with Crippen LogP contribution in [0.15, 0.2) is 18.2 Å². The molecule has 0 spiro atoms. The maximum Gasteiger partial charge on any atom is 0.315 e. The summed E-state index contributed by atoms with van der Waals surface area (Å²) in [6.45, 7) is 0. The van der Waals surface area contributed by atoms with E-state index in [2.05, 4.69) is 0 Å². The summed E-state index contributed by atoms with van der Waals surface area (Å²) in [6.07, 6.45) is -3.22. The van der Waals surface area contributed by atoms with Gasteiger partial charge in [0, 0.05) is 11.8 Å². The molecule has 0 atom stereocenters. The van der Waals surface area contributed by atoms with Crippen molar-refractivity contribution in [3.8, 4) is 0 Å². The number of carbonyl (C=O) groups is 1. The molecule has 0 saturated carbocycles. The molecule has 0 heterocycles. The minimum Gasteiger partial charge on any atom is -0.321 e. The number of amides is 1. The van der Waals surface area contributed by atoms with E-state index in [-0.39, 0.29) is 5.69 Å². The second-order valence-corrected chi connectivity index (χ2v) is 2.45. The van der Waals surface area contributed by atoms with Gasteiger partial charge in [0.05, 0.1) is 0 Å². The summed E-state index contributed by atoms with van der Waals surface area (Å²) in [4.78, 5) is 10.4. The maximum atomic E-state index is 12.5. The fourth-order valence-electron chi connectivity index (χ4n) is 0.823. The van der Waals surface area contributed by atoms with E-state index in [1.54, 1.807) is 5.32 Å². The first-order chi connectivity index (χ1) is 6.49. The first-order valence-electron chi connectivity index (χ1n) is 3.54. The van der Waals surface area contributed by atoms with E-state index in [0.717, 1.165) is 12.1 Å². The highest BCUT2D eigenvalue weighted by molar-refractivity contribution is 5.92. The van der Waals surface area contributed by atoms with Crippen molar-refractivity contribution < 1.29 is 22.4 Å². The number of alkyl halides is 2. The normalized spacial score (nSPS) is 10.4. The molecule has 0 saturated heterocycles. The molecule has 0 unspecified atom stereocenters. The van der Waals surface area contributed by atoms with Gasteiger partial charge in [-0.3, -0.25) is 4.79 Å². The van der Waals surface area contributed by atoms with Crippen LogP contribution in [-0.2, 0) is 4.79 Å². The fourth-order valence-corrected chi connectivity index (χ4v) is 0.823. The standard InChI is InChI=1S/C8H5F4NO/c9-4-1-5(10)3-6(2-4)13-8(14)7(11)12/h1-3,7H,(H,13,14). The second-order valence-electron chi connectivity index (χ2n) is 2.45. The van der Waals surface area contributed by atoms with Crippen LogP contribution in [0.4, 0.5) is 23.2 Å². The van der Waals surface area contributed by atoms with Crippen LogP contribution >= 0.6 is 0 Å². The lowest BCUT2D eigenvalue weighted by Crippen LogP contribution is -2.20. The van der Waals surface area contributed by atoms with Crippen LogP contribution in [0, 0.1) is 11.6 Å². The molecule has 2 nitrogen and oxygen atoms in total. The Balaban J connectivity index is 2.82. The molecule has 0 aromatic heterocycles. The van der Waals surface area contributed by atoms with E-state index in [1.165, 1.54) is 0 Å². The van der Waals surface area contributed by atoms with Crippen LogP contribution in [0.2, 0.25) is 0 Å². The van der Waals surface area contributed by atoms with E-state index in [9.17, 15) is 22.4 Å². The van der Waals surface area contributed by atoms with Crippen molar-refractivity contribution in [2.24, 2.45) is 0 Å². The number of anilines is 1. The van der Waals surface area contributed by atoms with E-state index in [4.69, 9.17) is 0 Å². The topological polar surface area (TPSA) is 29.1 Å². The van der Waals surface area contributed by atoms with Gasteiger partial charge in [-0.25, -0.2) is 8.78 Å². The predicted octanol–water partition coefficient (Wildman–Crippen LogP) is 2.17. The van der Waals surface area contributed by atoms with E-state index in [1.807, 2.05) is 0 Å². The van der Waals surface area contributed by atoms with Crippen LogP contribution < -0.4 is 5.32 Å². The molecule has 1 amide bonds. The predicted molar refractivity (Wildman–Crippen MR) is 41.0 cm³/mol. The highest BCUT2D eigenvalue weighted by Gasteiger charge is 2.15. The molecule has 0 radical (unpaired) electrons. The first kappa shape index (κ1) is 10.5. The Morgan fingerprint density at radius 1 is 1.14 bits per heavy atom. The Hall–Kier alpha value is -1.59. The SMILES string of the molecule is O=C(Nc1cc(F)cc(F)c1)C(F)F. The number of hydrogen-bond donors (Lipinski definition) is 1. The molecular formula is C8H5F4NO. The quantitative estimate of drug-likeness (QED) is 0.740. The molecular weight excluding hydrogens is 202 g/mol. The number of hydrogen-bond acceptors (Lipinski definition) is 1. The molecule has 0 fully saturated rings. The van der Waals surface area contributed by atoms with Gasteiger partial charge in [0.1, 0.15) is 11.6 Å². The number of nitrogens with one attached hydrogen (secondary N) is 1. The van der Waals surface area contributed by atoms with Gasteiger partial charge in [-0.05, 0) is 12.1 Å². The van der Waals surface area contributed by atoms with Crippen molar-refractivity contribution in [1.82, 2.24) is 0 Å². The Bertz CT molecular complexity index is 333. The highest BCUT2D eigenvalue weighted by atomic mass is 19.3. The number of rotatable bonds is 2. The summed E-state index contributed by atoms with van der Waals surface area (Å²) in [5.74, 6) is -3.50. The molecule has 76 valence electrons. The largest absolute Gasteiger partial charge is 0.321 e. The smallest absolute Gasteiger partial charge is 0.315 e. The molecule has 1 rings (SSSR count). The van der Waals surface area contributed by atoms with Crippen molar-refractivity contribution in [1.29, 1.82) is 0 Å². The fraction of sp³-hybridized carbons (Fsp3) is 0.125. The molecule has 0 aliphatic carbocycles. The molecule has 0 aliphatic rings. The molecule has 1 aromatic rings. The average molecular weight is 207 g/mol. The molecule has 0 bridgehead atoms. The van der Waals surface area contributed by atoms with E-state index >= 15 is 0 Å². The minimum atomic E-state index is -3.22. The number of carbonyl (C=O) groups excluding carboxylic acids is 1. The minimum absolute atomic E-state index is 0.340. The van der Waals surface area contributed by atoms with Crippen molar-refractivity contribution in [2.75, 3.05) is 5.32 Å². The second kappa shape index (κ2) is 4.08. The van der Waals surface area contributed by atoms with Crippen molar-refractivity contribution in [3.05, 3.63) is 29.8 Å². The summed E-state index contributed by atoms with van der Waals surface area (Å²) in [7, 11) is 0. The first-order valence-corrected chi connectivity index (χ1v) is 3.54. The van der Waals surface area contributed by atoms with Gasteiger partial charge < -0.3 is 5.32 Å². The van der Waals surface area contributed by atoms with Gasteiger partial charge in [-0.2, -0.15) is 8.78 Å². The van der Waals surface area contributed by atoms with E-state index in [0.29, 0.717) is 6.07 Å². The Labute approximate surface area is 76.5 Å². The molecule has 6 heteroatoms. The van der Waals surface area contributed by atoms with Gasteiger partial charge in [0.25, 0.3) is 5.91 Å². The zero-order valence-electron chi connectivity index (χ0n) is 6.73. The maximum absolute atomic E-state index is 12.5. The molecule has 14 heavy (non-hydrogen) atoms. The summed E-state index contributed by atoms with van der Waals surface area (Å²) in [5, 5.41) is 1.65. The van der Waals surface area contributed by atoms with Crippen LogP contribution in [0.5, 0.6) is 0 Å². The summed E-state index contributed by atoms with van der Waals surface area (Å²) in [6, 6.07) is 2.05. The summed E-state index contributed by atoms with van der Waals surface area (Å²) >= 11 is 0. The van der Waals surface area contributed by atoms with Gasteiger partial charge in [-0.1, -0.05) is 0 Å². The summed E-state index contributed by atoms with van der Waals surface area (Å²) in [5.41, 5.74) is -0.340. The zero-order valence-corrected chi connectivity index (χ0v) is 6.73. The third-order valence-corrected chi connectivity index (χ3v) is 1.33. The number of benzene rings is 1. The number of halogens is 4. The van der Waals surface area contributed by atoms with Crippen molar-refractivity contribution in [3.63, 3.8) is 0 Å². The van der Waals surface area contributed by atoms with Crippen molar-refractivity contribution >= 4 is 11.6 Å². The molecule has 1 aromatic carbocycles. The Morgan fingerprint density at radius 2 is 1.64 bits per heavy atom. The third-order valence-electron chi connectivity index (χ3n) is 1.33. The van der Waals surface area contributed by atoms with Crippen LogP contribution in [0.25, 0.3) is 0 Å². The molecule has 1 N–H and O–H groups in total. The Kier molecular flexibility index (Phi) is 3.06.